The summed E-state index contributed by atoms with van der Waals surface area (Å²) in [6, 6.07) is 13.2. The second-order valence-electron chi connectivity index (χ2n) is 6.41. The van der Waals surface area contributed by atoms with Gasteiger partial charge in [0.05, 0.1) is 4.88 Å². The molecule has 6 nitrogen and oxygen atoms in total. The normalized spacial score (nSPS) is 16.0. The first-order valence-electron chi connectivity index (χ1n) is 8.64. The number of aromatic nitrogens is 2. The van der Waals surface area contributed by atoms with Crippen LogP contribution in [0.25, 0.3) is 10.8 Å². The van der Waals surface area contributed by atoms with E-state index in [0.717, 1.165) is 36.4 Å². The molecule has 3 aromatic rings. The predicted octanol–water partition coefficient (Wildman–Crippen LogP) is 3.12. The molecule has 0 N–H and O–H groups in total. The van der Waals surface area contributed by atoms with Crippen molar-refractivity contribution < 1.29 is 9.21 Å². The summed E-state index contributed by atoms with van der Waals surface area (Å²) in [5.41, 5.74) is 0.777. The zero-order chi connectivity index (χ0) is 17.9. The highest BCUT2D eigenvalue weighted by atomic mass is 32.1. The van der Waals surface area contributed by atoms with Crippen molar-refractivity contribution in [3.05, 3.63) is 64.0 Å². The summed E-state index contributed by atoms with van der Waals surface area (Å²) in [5, 5.41) is 6.21. The molecular weight excluding hydrogens is 350 g/mol. The summed E-state index contributed by atoms with van der Waals surface area (Å²) in [5.74, 6) is 0.170. The van der Waals surface area contributed by atoms with Gasteiger partial charge in [-0.05, 0) is 24.3 Å². The van der Waals surface area contributed by atoms with E-state index in [1.807, 2.05) is 47.8 Å². The molecule has 1 aromatic carbocycles. The Labute approximate surface area is 154 Å². The van der Waals surface area contributed by atoms with Crippen LogP contribution in [0.15, 0.2) is 57.1 Å². The van der Waals surface area contributed by atoms with E-state index in [-0.39, 0.29) is 11.7 Å². The predicted molar refractivity (Wildman–Crippen MR) is 99.1 cm³/mol. The van der Waals surface area contributed by atoms with Crippen LogP contribution in [0, 0.1) is 5.92 Å². The maximum atomic E-state index is 12.6. The summed E-state index contributed by atoms with van der Waals surface area (Å²) < 4.78 is 6.60. The van der Waals surface area contributed by atoms with Gasteiger partial charge in [-0.1, -0.05) is 36.4 Å². The molecule has 0 atom stereocenters. The lowest BCUT2D eigenvalue weighted by Crippen LogP contribution is -2.39. The molecular formula is C19H19N3O3S. The standard InChI is InChI=1S/C19H19N3O3S/c23-17(14-5-2-1-3-6-14)15-8-10-21(11-9-15)13-22-19(24)25-18(20-22)16-7-4-12-26-16/h1-7,12,15H,8-11,13H2. The van der Waals surface area contributed by atoms with Crippen LogP contribution in [0.3, 0.4) is 0 Å². The van der Waals surface area contributed by atoms with E-state index in [0.29, 0.717) is 12.6 Å². The van der Waals surface area contributed by atoms with Crippen LogP contribution in [0.2, 0.25) is 0 Å². The van der Waals surface area contributed by atoms with Crippen LogP contribution in [0.1, 0.15) is 23.2 Å². The molecule has 0 bridgehead atoms. The summed E-state index contributed by atoms with van der Waals surface area (Å²) in [6.07, 6.45) is 1.58. The fourth-order valence-corrected chi connectivity index (χ4v) is 3.90. The summed E-state index contributed by atoms with van der Waals surface area (Å²) >= 11 is 1.49. The zero-order valence-electron chi connectivity index (χ0n) is 14.2. The summed E-state index contributed by atoms with van der Waals surface area (Å²) in [6.45, 7) is 1.91. The van der Waals surface area contributed by atoms with E-state index < -0.39 is 5.76 Å². The molecule has 0 radical (unpaired) electrons. The number of thiophene rings is 1. The van der Waals surface area contributed by atoms with Crippen LogP contribution in [-0.2, 0) is 6.67 Å². The van der Waals surface area contributed by atoms with Crippen LogP contribution in [0.4, 0.5) is 0 Å². The van der Waals surface area contributed by atoms with E-state index in [4.69, 9.17) is 4.42 Å². The molecule has 0 aliphatic carbocycles. The molecule has 1 saturated heterocycles. The smallest absolute Gasteiger partial charge is 0.387 e. The average Bonchev–Trinajstić information content (AvgIpc) is 3.33. The van der Waals surface area contributed by atoms with E-state index in [9.17, 15) is 9.59 Å². The van der Waals surface area contributed by atoms with Gasteiger partial charge >= 0.3 is 5.76 Å². The molecule has 1 aliphatic heterocycles. The van der Waals surface area contributed by atoms with Crippen LogP contribution in [-0.4, -0.2) is 33.6 Å². The fourth-order valence-electron chi connectivity index (χ4n) is 3.26. The molecule has 0 saturated carbocycles. The lowest BCUT2D eigenvalue weighted by Gasteiger charge is -2.30. The van der Waals surface area contributed by atoms with Crippen molar-refractivity contribution in [1.82, 2.24) is 14.7 Å². The van der Waals surface area contributed by atoms with E-state index in [1.54, 1.807) is 0 Å². The Morgan fingerprint density at radius 1 is 1.15 bits per heavy atom. The first-order chi connectivity index (χ1) is 12.7. The van der Waals surface area contributed by atoms with Crippen molar-refractivity contribution in [3.63, 3.8) is 0 Å². The molecule has 7 heteroatoms. The SMILES string of the molecule is O=C(c1ccccc1)C1CCN(Cn2nc(-c3cccs3)oc2=O)CC1. The van der Waals surface area contributed by atoms with Gasteiger partial charge < -0.3 is 4.42 Å². The van der Waals surface area contributed by atoms with Gasteiger partial charge in [0.25, 0.3) is 5.89 Å². The topological polar surface area (TPSA) is 68.3 Å². The molecule has 2 aromatic heterocycles. The van der Waals surface area contributed by atoms with Gasteiger partial charge in [-0.15, -0.1) is 16.4 Å². The first-order valence-corrected chi connectivity index (χ1v) is 9.52. The third kappa shape index (κ3) is 3.54. The van der Waals surface area contributed by atoms with Gasteiger partial charge in [0.15, 0.2) is 5.78 Å². The second kappa shape index (κ2) is 7.39. The van der Waals surface area contributed by atoms with Crippen LogP contribution < -0.4 is 5.76 Å². The number of likely N-dealkylation sites (tertiary alicyclic amines) is 1. The quantitative estimate of drug-likeness (QED) is 0.647. The Hall–Kier alpha value is -2.51. The number of benzene rings is 1. The number of ketones is 1. The largest absolute Gasteiger partial charge is 0.438 e. The molecule has 0 spiro atoms. The van der Waals surface area contributed by atoms with Gasteiger partial charge in [-0.25, -0.2) is 4.79 Å². The molecule has 4 rings (SSSR count). The van der Waals surface area contributed by atoms with Gasteiger partial charge in [0.1, 0.15) is 6.67 Å². The Kier molecular flexibility index (Phi) is 4.81. The minimum absolute atomic E-state index is 0.0457. The lowest BCUT2D eigenvalue weighted by atomic mass is 9.89. The number of hydrogen-bond donors (Lipinski definition) is 0. The Morgan fingerprint density at radius 2 is 1.92 bits per heavy atom. The number of nitrogens with zero attached hydrogens (tertiary/aromatic N) is 3. The first kappa shape index (κ1) is 16.9. The average molecular weight is 369 g/mol. The van der Waals surface area contributed by atoms with Gasteiger partial charge in [0, 0.05) is 24.6 Å². The monoisotopic (exact) mass is 369 g/mol. The highest BCUT2D eigenvalue weighted by molar-refractivity contribution is 7.13. The van der Waals surface area contributed by atoms with E-state index >= 15 is 0 Å². The third-order valence-corrected chi connectivity index (χ3v) is 5.55. The lowest BCUT2D eigenvalue weighted by molar-refractivity contribution is 0.0800. The molecule has 134 valence electrons. The fraction of sp³-hybridized carbons (Fsp3) is 0.316. The maximum absolute atomic E-state index is 12.6. The second-order valence-corrected chi connectivity index (χ2v) is 7.36. The third-order valence-electron chi connectivity index (χ3n) is 4.69. The molecule has 1 fully saturated rings. The number of carbonyl (C=O) groups is 1. The van der Waals surface area contributed by atoms with Crippen molar-refractivity contribution in [2.45, 2.75) is 19.5 Å². The summed E-state index contributed by atoms with van der Waals surface area (Å²) in [7, 11) is 0. The number of piperidine rings is 1. The molecule has 0 amide bonds. The Morgan fingerprint density at radius 3 is 2.62 bits per heavy atom. The van der Waals surface area contributed by atoms with Gasteiger partial charge in [-0.2, -0.15) is 4.68 Å². The highest BCUT2D eigenvalue weighted by Gasteiger charge is 2.26. The number of carbonyl (C=O) groups excluding carboxylic acids is 1. The van der Waals surface area contributed by atoms with Crippen molar-refractivity contribution in [3.8, 4) is 10.8 Å². The van der Waals surface area contributed by atoms with Crippen molar-refractivity contribution in [2.75, 3.05) is 13.1 Å². The minimum Gasteiger partial charge on any atom is -0.387 e. The number of Topliss-reactive ketones (excluding diaryl/α,β-unsaturated/α-hetero) is 1. The number of rotatable bonds is 5. The van der Waals surface area contributed by atoms with Crippen molar-refractivity contribution >= 4 is 17.1 Å². The maximum Gasteiger partial charge on any atom is 0.438 e. The zero-order valence-corrected chi connectivity index (χ0v) is 15.0. The van der Waals surface area contributed by atoms with E-state index in [1.165, 1.54) is 16.0 Å². The molecule has 3 heterocycles. The highest BCUT2D eigenvalue weighted by Crippen LogP contribution is 2.23. The van der Waals surface area contributed by atoms with Crippen LogP contribution in [0.5, 0.6) is 0 Å². The van der Waals surface area contributed by atoms with E-state index in [2.05, 4.69) is 10.00 Å². The molecule has 26 heavy (non-hydrogen) atoms. The van der Waals surface area contributed by atoms with Crippen molar-refractivity contribution in [2.24, 2.45) is 5.92 Å². The van der Waals surface area contributed by atoms with Gasteiger partial charge in [0.2, 0.25) is 0 Å². The van der Waals surface area contributed by atoms with Crippen molar-refractivity contribution in [1.29, 1.82) is 0 Å². The Bertz CT molecular complexity index is 923. The molecule has 0 unspecified atom stereocenters. The minimum atomic E-state index is -0.448. The van der Waals surface area contributed by atoms with Gasteiger partial charge in [-0.3, -0.25) is 9.69 Å². The summed E-state index contributed by atoms with van der Waals surface area (Å²) in [4.78, 5) is 27.6. The Balaban J connectivity index is 1.37. The van der Waals surface area contributed by atoms with Crippen LogP contribution >= 0.6 is 11.3 Å². The molecule has 1 aliphatic rings. The number of hydrogen-bond acceptors (Lipinski definition) is 6.